The number of nitrogens with zero attached hydrogens (tertiary/aromatic N) is 1. The minimum Gasteiger partial charge on any atom is -0.490 e. The van der Waals surface area contributed by atoms with E-state index >= 15 is 0 Å². The molecule has 1 aromatic carbocycles. The lowest BCUT2D eigenvalue weighted by atomic mass is 10.2. The van der Waals surface area contributed by atoms with Gasteiger partial charge in [0.25, 0.3) is 5.91 Å². The molecule has 2 rings (SSSR count). The highest BCUT2D eigenvalue weighted by molar-refractivity contribution is 8.26. The lowest BCUT2D eigenvalue weighted by molar-refractivity contribution is -0.140. The van der Waals surface area contributed by atoms with E-state index in [1.165, 1.54) is 23.8 Å². The lowest BCUT2D eigenvalue weighted by Crippen LogP contribution is -2.30. The second-order valence-electron chi connectivity index (χ2n) is 5.23. The summed E-state index contributed by atoms with van der Waals surface area (Å²) in [4.78, 5) is 25.8. The number of hydrogen-bond donors (Lipinski definition) is 0. The molecule has 0 atom stereocenters. The van der Waals surface area contributed by atoms with Gasteiger partial charge in [-0.25, -0.2) is 0 Å². The molecule has 0 aromatic heterocycles. The van der Waals surface area contributed by atoms with Crippen LogP contribution in [-0.2, 0) is 14.3 Å². The first-order valence-electron chi connectivity index (χ1n) is 8.22. The third kappa shape index (κ3) is 4.98. The van der Waals surface area contributed by atoms with Crippen LogP contribution in [0.25, 0.3) is 6.08 Å². The molecule has 8 heteroatoms. The maximum atomic E-state index is 12.5. The van der Waals surface area contributed by atoms with Gasteiger partial charge >= 0.3 is 5.97 Å². The fourth-order valence-electron chi connectivity index (χ4n) is 2.31. The molecule has 1 aliphatic rings. The molecule has 0 bridgehead atoms. The topological polar surface area (TPSA) is 65.1 Å². The Balaban J connectivity index is 2.18. The van der Waals surface area contributed by atoms with Crippen molar-refractivity contribution in [1.29, 1.82) is 0 Å². The van der Waals surface area contributed by atoms with Gasteiger partial charge in [0.1, 0.15) is 4.32 Å². The second-order valence-corrected chi connectivity index (χ2v) is 6.91. The minimum absolute atomic E-state index is 0.105. The van der Waals surface area contributed by atoms with Gasteiger partial charge in [-0.3, -0.25) is 14.5 Å². The standard InChI is InChI=1S/C18H21NO5S2/c1-4-23-13-7-6-12(10-14(13)24-5-2)11-15-17(21)19(18(25)26-15)9-8-16(20)22-3/h6-7,10-11H,4-5,8-9H2,1-3H3/b15-11-. The Bertz CT molecular complexity index is 732. The molecule has 0 aliphatic carbocycles. The zero-order chi connectivity index (χ0) is 19.1. The average Bonchev–Trinajstić information content (AvgIpc) is 2.88. The van der Waals surface area contributed by atoms with Crippen LogP contribution in [0, 0.1) is 0 Å². The van der Waals surface area contributed by atoms with Gasteiger partial charge in [0.05, 0.1) is 31.6 Å². The van der Waals surface area contributed by atoms with E-state index in [4.69, 9.17) is 21.7 Å². The molecule has 0 unspecified atom stereocenters. The summed E-state index contributed by atoms with van der Waals surface area (Å²) in [7, 11) is 1.31. The monoisotopic (exact) mass is 395 g/mol. The van der Waals surface area contributed by atoms with Gasteiger partial charge in [0.15, 0.2) is 11.5 Å². The first-order chi connectivity index (χ1) is 12.5. The molecule has 0 spiro atoms. The molecule has 1 saturated heterocycles. The van der Waals surface area contributed by atoms with Crippen LogP contribution >= 0.6 is 24.0 Å². The summed E-state index contributed by atoms with van der Waals surface area (Å²) >= 11 is 6.47. The first kappa shape index (κ1) is 20.3. The molecule has 26 heavy (non-hydrogen) atoms. The van der Waals surface area contributed by atoms with Gasteiger partial charge < -0.3 is 14.2 Å². The molecule has 1 heterocycles. The normalized spacial score (nSPS) is 15.5. The number of rotatable bonds is 8. The third-order valence-corrected chi connectivity index (χ3v) is 4.88. The molecule has 140 valence electrons. The Kier molecular flexibility index (Phi) is 7.47. The van der Waals surface area contributed by atoms with E-state index in [1.807, 2.05) is 32.0 Å². The van der Waals surface area contributed by atoms with E-state index in [0.717, 1.165) is 5.56 Å². The first-order valence-corrected chi connectivity index (χ1v) is 9.44. The molecule has 1 amide bonds. The van der Waals surface area contributed by atoms with E-state index in [2.05, 4.69) is 4.74 Å². The molecule has 1 aromatic rings. The van der Waals surface area contributed by atoms with Crippen molar-refractivity contribution < 1.29 is 23.8 Å². The number of carbonyl (C=O) groups excluding carboxylic acids is 2. The predicted octanol–water partition coefficient (Wildman–Crippen LogP) is 3.25. The summed E-state index contributed by atoms with van der Waals surface area (Å²) in [5.74, 6) is 0.702. The molecular formula is C18H21NO5S2. The van der Waals surface area contributed by atoms with Crippen LogP contribution in [0.2, 0.25) is 0 Å². The van der Waals surface area contributed by atoms with Gasteiger partial charge in [0, 0.05) is 6.54 Å². The van der Waals surface area contributed by atoms with Crippen LogP contribution in [0.4, 0.5) is 0 Å². The number of esters is 1. The lowest BCUT2D eigenvalue weighted by Gasteiger charge is -2.13. The summed E-state index contributed by atoms with van der Waals surface area (Å²) in [5.41, 5.74) is 0.811. The molecule has 1 fully saturated rings. The van der Waals surface area contributed by atoms with Crippen LogP contribution in [-0.4, -0.2) is 48.0 Å². The maximum Gasteiger partial charge on any atom is 0.307 e. The fraction of sp³-hybridized carbons (Fsp3) is 0.389. The zero-order valence-corrected chi connectivity index (χ0v) is 16.6. The number of methoxy groups -OCH3 is 1. The molecule has 1 aliphatic heterocycles. The Morgan fingerprint density at radius 3 is 2.58 bits per heavy atom. The highest BCUT2D eigenvalue weighted by Gasteiger charge is 2.32. The number of amides is 1. The Hall–Kier alpha value is -2.06. The van der Waals surface area contributed by atoms with Gasteiger partial charge in [-0.15, -0.1) is 0 Å². The van der Waals surface area contributed by atoms with E-state index in [0.29, 0.717) is 33.9 Å². The van der Waals surface area contributed by atoms with Crippen molar-refractivity contribution in [3.8, 4) is 11.5 Å². The summed E-state index contributed by atoms with van der Waals surface area (Å²) in [6.07, 6.45) is 1.86. The summed E-state index contributed by atoms with van der Waals surface area (Å²) < 4.78 is 16.2. The van der Waals surface area contributed by atoms with E-state index in [9.17, 15) is 9.59 Å². The average molecular weight is 396 g/mol. The second kappa shape index (κ2) is 9.59. The van der Waals surface area contributed by atoms with Crippen molar-refractivity contribution in [1.82, 2.24) is 4.90 Å². The highest BCUT2D eigenvalue weighted by Crippen LogP contribution is 2.35. The summed E-state index contributed by atoms with van der Waals surface area (Å²) in [6, 6.07) is 5.50. The maximum absolute atomic E-state index is 12.5. The smallest absolute Gasteiger partial charge is 0.307 e. The van der Waals surface area contributed by atoms with Gasteiger partial charge in [0.2, 0.25) is 0 Å². The summed E-state index contributed by atoms with van der Waals surface area (Å²) in [5, 5.41) is 0. The van der Waals surface area contributed by atoms with Crippen molar-refractivity contribution in [2.24, 2.45) is 0 Å². The van der Waals surface area contributed by atoms with Crippen molar-refractivity contribution in [2.45, 2.75) is 20.3 Å². The molecule has 0 radical (unpaired) electrons. The van der Waals surface area contributed by atoms with Crippen molar-refractivity contribution in [3.63, 3.8) is 0 Å². The van der Waals surface area contributed by atoms with Crippen molar-refractivity contribution in [2.75, 3.05) is 26.9 Å². The van der Waals surface area contributed by atoms with Gasteiger partial charge in [-0.1, -0.05) is 30.0 Å². The van der Waals surface area contributed by atoms with Gasteiger partial charge in [-0.05, 0) is 37.6 Å². The van der Waals surface area contributed by atoms with Crippen LogP contribution in [0.1, 0.15) is 25.8 Å². The van der Waals surface area contributed by atoms with Crippen molar-refractivity contribution in [3.05, 3.63) is 28.7 Å². The number of thiocarbonyl (C=S) groups is 1. The van der Waals surface area contributed by atoms with Crippen LogP contribution in [0.15, 0.2) is 23.1 Å². The van der Waals surface area contributed by atoms with Gasteiger partial charge in [-0.2, -0.15) is 0 Å². The number of ether oxygens (including phenoxy) is 3. The quantitative estimate of drug-likeness (QED) is 0.380. The Morgan fingerprint density at radius 1 is 1.23 bits per heavy atom. The third-order valence-electron chi connectivity index (χ3n) is 3.51. The van der Waals surface area contributed by atoms with Crippen LogP contribution < -0.4 is 9.47 Å². The Morgan fingerprint density at radius 2 is 1.92 bits per heavy atom. The van der Waals surface area contributed by atoms with Crippen LogP contribution in [0.5, 0.6) is 11.5 Å². The molecular weight excluding hydrogens is 374 g/mol. The molecule has 0 saturated carbocycles. The summed E-state index contributed by atoms with van der Waals surface area (Å²) in [6.45, 7) is 5.07. The molecule has 0 N–H and O–H groups in total. The SMILES string of the molecule is CCOc1ccc(/C=C2\SC(=S)N(CCC(=O)OC)C2=O)cc1OCC. The van der Waals surface area contributed by atoms with Crippen molar-refractivity contribution >= 4 is 46.3 Å². The van der Waals surface area contributed by atoms with E-state index in [-0.39, 0.29) is 24.8 Å². The number of benzene rings is 1. The Labute approximate surface area is 162 Å². The molecule has 6 nitrogen and oxygen atoms in total. The largest absolute Gasteiger partial charge is 0.490 e. The number of carbonyl (C=O) groups is 2. The van der Waals surface area contributed by atoms with Crippen LogP contribution in [0.3, 0.4) is 0 Å². The van der Waals surface area contributed by atoms with E-state index < -0.39 is 0 Å². The highest BCUT2D eigenvalue weighted by atomic mass is 32.2. The predicted molar refractivity (Wildman–Crippen MR) is 105 cm³/mol. The van der Waals surface area contributed by atoms with E-state index in [1.54, 1.807) is 6.08 Å². The number of thioether (sulfide) groups is 1. The minimum atomic E-state index is -0.379. The zero-order valence-electron chi connectivity index (χ0n) is 14.9. The fourth-order valence-corrected chi connectivity index (χ4v) is 3.62. The number of hydrogen-bond acceptors (Lipinski definition) is 7.